The van der Waals surface area contributed by atoms with Crippen LogP contribution in [0.4, 0.5) is 0 Å². The molecule has 0 aliphatic heterocycles. The summed E-state index contributed by atoms with van der Waals surface area (Å²) in [5.74, 6) is 1.72. The van der Waals surface area contributed by atoms with E-state index in [1.807, 2.05) is 0 Å². The minimum Gasteiger partial charge on any atom is -0.330 e. The van der Waals surface area contributed by atoms with Crippen LogP contribution in [0.2, 0.25) is 0 Å². The Morgan fingerprint density at radius 2 is 1.81 bits per heavy atom. The van der Waals surface area contributed by atoms with E-state index < -0.39 is 10.0 Å². The first kappa shape index (κ1) is 12.3. The molecule has 2 atom stereocenters. The van der Waals surface area contributed by atoms with Gasteiger partial charge in [-0.2, -0.15) is 0 Å². The van der Waals surface area contributed by atoms with Crippen LogP contribution < -0.4 is 10.5 Å². The van der Waals surface area contributed by atoms with Crippen LogP contribution in [0.15, 0.2) is 0 Å². The van der Waals surface area contributed by atoms with Gasteiger partial charge in [0, 0.05) is 6.54 Å². The minimum atomic E-state index is -3.03. The van der Waals surface area contributed by atoms with Crippen molar-refractivity contribution in [2.24, 2.45) is 23.5 Å². The van der Waals surface area contributed by atoms with E-state index in [4.69, 9.17) is 5.73 Å². The molecule has 2 saturated carbocycles. The summed E-state index contributed by atoms with van der Waals surface area (Å²) in [4.78, 5) is 0. The Balaban J connectivity index is 1.77. The third-order valence-electron chi connectivity index (χ3n) is 3.84. The molecule has 0 radical (unpaired) electrons. The molecular formula is C11H22N2O2S. The van der Waals surface area contributed by atoms with Gasteiger partial charge in [-0.1, -0.05) is 6.42 Å². The summed E-state index contributed by atoms with van der Waals surface area (Å²) in [6.07, 6.45) is 5.63. The summed E-state index contributed by atoms with van der Waals surface area (Å²) in [5.41, 5.74) is 5.68. The highest BCUT2D eigenvalue weighted by Crippen LogP contribution is 2.32. The summed E-state index contributed by atoms with van der Waals surface area (Å²) < 4.78 is 26.1. The van der Waals surface area contributed by atoms with Gasteiger partial charge in [0.05, 0.1) is 5.75 Å². The van der Waals surface area contributed by atoms with E-state index in [9.17, 15) is 8.42 Å². The molecule has 2 unspecified atom stereocenters. The Labute approximate surface area is 98.0 Å². The molecule has 0 spiro atoms. The van der Waals surface area contributed by atoms with Gasteiger partial charge in [-0.25, -0.2) is 13.1 Å². The molecular weight excluding hydrogens is 224 g/mol. The van der Waals surface area contributed by atoms with Crippen molar-refractivity contribution >= 4 is 10.0 Å². The standard InChI is InChI=1S/C11H22N2O2S/c12-6-10-2-1-3-11(10)7-13-16(14,15)8-9-4-5-9/h9-11,13H,1-8,12H2. The van der Waals surface area contributed by atoms with Crippen molar-refractivity contribution in [3.63, 3.8) is 0 Å². The molecule has 0 heterocycles. The molecule has 2 aliphatic rings. The normalized spacial score (nSPS) is 30.8. The predicted octanol–water partition coefficient (Wildman–Crippen LogP) is 0.691. The molecule has 0 aromatic heterocycles. The Hall–Kier alpha value is -0.130. The molecule has 4 nitrogen and oxygen atoms in total. The van der Waals surface area contributed by atoms with Crippen LogP contribution in [0.1, 0.15) is 32.1 Å². The van der Waals surface area contributed by atoms with Crippen molar-refractivity contribution in [1.82, 2.24) is 4.72 Å². The third-order valence-corrected chi connectivity index (χ3v) is 5.35. The predicted molar refractivity (Wildman–Crippen MR) is 64.4 cm³/mol. The monoisotopic (exact) mass is 246 g/mol. The Morgan fingerprint density at radius 3 is 2.44 bits per heavy atom. The highest BCUT2D eigenvalue weighted by atomic mass is 32.2. The first-order chi connectivity index (χ1) is 7.61. The van der Waals surface area contributed by atoms with Crippen LogP contribution in [-0.2, 0) is 10.0 Å². The summed E-state index contributed by atoms with van der Waals surface area (Å²) >= 11 is 0. The molecule has 0 saturated heterocycles. The van der Waals surface area contributed by atoms with E-state index in [1.165, 1.54) is 6.42 Å². The van der Waals surface area contributed by atoms with Gasteiger partial charge in [0.2, 0.25) is 10.0 Å². The molecule has 2 fully saturated rings. The van der Waals surface area contributed by atoms with Gasteiger partial charge in [0.1, 0.15) is 0 Å². The maximum atomic E-state index is 11.7. The molecule has 2 aliphatic carbocycles. The van der Waals surface area contributed by atoms with Gasteiger partial charge in [-0.15, -0.1) is 0 Å². The number of nitrogens with two attached hydrogens (primary N) is 1. The summed E-state index contributed by atoms with van der Waals surface area (Å²) in [7, 11) is -3.03. The zero-order valence-corrected chi connectivity index (χ0v) is 10.5. The van der Waals surface area contributed by atoms with Crippen molar-refractivity contribution in [2.45, 2.75) is 32.1 Å². The average molecular weight is 246 g/mol. The van der Waals surface area contributed by atoms with Crippen LogP contribution in [-0.4, -0.2) is 27.3 Å². The molecule has 0 bridgehead atoms. The Bertz CT molecular complexity index is 325. The first-order valence-corrected chi connectivity index (χ1v) is 7.93. The van der Waals surface area contributed by atoms with Gasteiger partial charge in [0.25, 0.3) is 0 Å². The maximum absolute atomic E-state index is 11.7. The fraction of sp³-hybridized carbons (Fsp3) is 1.00. The second kappa shape index (κ2) is 5.02. The second-order valence-corrected chi connectivity index (χ2v) is 7.11. The number of rotatable bonds is 6. The lowest BCUT2D eigenvalue weighted by Gasteiger charge is -2.18. The quantitative estimate of drug-likeness (QED) is 0.724. The topological polar surface area (TPSA) is 72.2 Å². The largest absolute Gasteiger partial charge is 0.330 e. The van der Waals surface area contributed by atoms with Crippen LogP contribution in [0, 0.1) is 17.8 Å². The second-order valence-electron chi connectivity index (χ2n) is 5.26. The molecule has 3 N–H and O–H groups in total. The molecule has 16 heavy (non-hydrogen) atoms. The van der Waals surface area contributed by atoms with E-state index >= 15 is 0 Å². The fourth-order valence-corrected chi connectivity index (χ4v) is 4.12. The van der Waals surface area contributed by atoms with E-state index in [-0.39, 0.29) is 0 Å². The first-order valence-electron chi connectivity index (χ1n) is 6.28. The zero-order chi connectivity index (χ0) is 11.6. The van der Waals surface area contributed by atoms with Crippen molar-refractivity contribution < 1.29 is 8.42 Å². The highest BCUT2D eigenvalue weighted by molar-refractivity contribution is 7.89. The fourth-order valence-electron chi connectivity index (χ4n) is 2.58. The van der Waals surface area contributed by atoms with E-state index in [2.05, 4.69) is 4.72 Å². The van der Waals surface area contributed by atoms with Crippen molar-refractivity contribution in [1.29, 1.82) is 0 Å². The van der Waals surface area contributed by atoms with Crippen LogP contribution in [0.5, 0.6) is 0 Å². The number of hydrogen-bond donors (Lipinski definition) is 2. The van der Waals surface area contributed by atoms with E-state index in [0.29, 0.717) is 36.6 Å². The summed E-state index contributed by atoms with van der Waals surface area (Å²) in [5, 5.41) is 0. The SMILES string of the molecule is NCC1CCCC1CNS(=O)(=O)CC1CC1. The van der Waals surface area contributed by atoms with Gasteiger partial charge in [0.15, 0.2) is 0 Å². The van der Waals surface area contributed by atoms with Crippen molar-refractivity contribution in [2.75, 3.05) is 18.8 Å². The molecule has 0 aromatic rings. The molecule has 5 heteroatoms. The zero-order valence-electron chi connectivity index (χ0n) is 9.69. The van der Waals surface area contributed by atoms with Crippen LogP contribution in [0.25, 0.3) is 0 Å². The van der Waals surface area contributed by atoms with Crippen LogP contribution >= 0.6 is 0 Å². The van der Waals surface area contributed by atoms with Crippen LogP contribution in [0.3, 0.4) is 0 Å². The molecule has 2 rings (SSSR count). The average Bonchev–Trinajstić information content (AvgIpc) is 2.91. The lowest BCUT2D eigenvalue weighted by molar-refractivity contribution is 0.393. The lowest BCUT2D eigenvalue weighted by atomic mass is 9.97. The third kappa shape index (κ3) is 3.43. The molecule has 94 valence electrons. The van der Waals surface area contributed by atoms with Gasteiger partial charge < -0.3 is 5.73 Å². The van der Waals surface area contributed by atoms with Crippen molar-refractivity contribution in [3.05, 3.63) is 0 Å². The van der Waals surface area contributed by atoms with E-state index in [1.54, 1.807) is 0 Å². The number of sulfonamides is 1. The Morgan fingerprint density at radius 1 is 1.12 bits per heavy atom. The summed E-state index contributed by atoms with van der Waals surface area (Å²) in [6, 6.07) is 0. The summed E-state index contributed by atoms with van der Waals surface area (Å²) in [6.45, 7) is 1.28. The lowest BCUT2D eigenvalue weighted by Crippen LogP contribution is -2.34. The van der Waals surface area contributed by atoms with Gasteiger partial charge in [-0.05, 0) is 50.0 Å². The number of hydrogen-bond acceptors (Lipinski definition) is 3. The maximum Gasteiger partial charge on any atom is 0.211 e. The highest BCUT2D eigenvalue weighted by Gasteiger charge is 2.30. The Kier molecular flexibility index (Phi) is 3.87. The number of nitrogens with one attached hydrogen (secondary N) is 1. The molecule has 0 aromatic carbocycles. The van der Waals surface area contributed by atoms with Gasteiger partial charge in [-0.3, -0.25) is 0 Å². The minimum absolute atomic E-state index is 0.326. The van der Waals surface area contributed by atoms with Crippen molar-refractivity contribution in [3.8, 4) is 0 Å². The van der Waals surface area contributed by atoms with E-state index in [0.717, 1.165) is 25.7 Å². The van der Waals surface area contributed by atoms with Gasteiger partial charge >= 0.3 is 0 Å². The molecule has 0 amide bonds. The smallest absolute Gasteiger partial charge is 0.211 e.